The number of hydrogen-bond acceptors (Lipinski definition) is 8. The number of methoxy groups -OCH3 is 2. The molecule has 8 nitrogen and oxygen atoms in total. The molecule has 4 rings (SSSR count). The molecule has 186 valence electrons. The van der Waals surface area contributed by atoms with Gasteiger partial charge >= 0.3 is 0 Å². The Morgan fingerprint density at radius 3 is 2.50 bits per heavy atom. The van der Waals surface area contributed by atoms with Crippen molar-refractivity contribution in [1.29, 1.82) is 0 Å². The van der Waals surface area contributed by atoms with Crippen molar-refractivity contribution in [2.24, 2.45) is 0 Å². The summed E-state index contributed by atoms with van der Waals surface area (Å²) in [6, 6.07) is 17.8. The average Bonchev–Trinajstić information content (AvgIpc) is 3.50. The first-order chi connectivity index (χ1) is 17.5. The van der Waals surface area contributed by atoms with Crippen molar-refractivity contribution in [1.82, 2.24) is 4.90 Å². The van der Waals surface area contributed by atoms with Crippen LogP contribution in [0.4, 0.5) is 11.4 Å². The minimum atomic E-state index is -0.392. The lowest BCUT2D eigenvalue weighted by molar-refractivity contribution is -0.137. The molecule has 1 aliphatic heterocycles. The Labute approximate surface area is 217 Å². The maximum atomic E-state index is 13.3. The lowest BCUT2D eigenvalue weighted by atomic mass is 10.3. The summed E-state index contributed by atoms with van der Waals surface area (Å²) < 4.78 is 10.3. The van der Waals surface area contributed by atoms with E-state index in [2.05, 4.69) is 10.6 Å². The van der Waals surface area contributed by atoms with Gasteiger partial charge in [0.15, 0.2) is 0 Å². The van der Waals surface area contributed by atoms with Crippen molar-refractivity contribution in [2.45, 2.75) is 11.3 Å². The van der Waals surface area contributed by atoms with Crippen LogP contribution in [0.3, 0.4) is 0 Å². The molecule has 36 heavy (non-hydrogen) atoms. The van der Waals surface area contributed by atoms with Crippen LogP contribution in [0.5, 0.6) is 5.75 Å². The number of benzene rings is 2. The van der Waals surface area contributed by atoms with Gasteiger partial charge in [0.05, 0.1) is 12.0 Å². The second kappa shape index (κ2) is 11.9. The van der Waals surface area contributed by atoms with Crippen molar-refractivity contribution >= 4 is 52.2 Å². The Kier molecular flexibility index (Phi) is 8.42. The molecule has 0 spiro atoms. The maximum Gasteiger partial charge on any atom is 0.278 e. The van der Waals surface area contributed by atoms with E-state index < -0.39 is 5.91 Å². The van der Waals surface area contributed by atoms with E-state index in [9.17, 15) is 14.4 Å². The van der Waals surface area contributed by atoms with Crippen LogP contribution in [-0.2, 0) is 14.3 Å². The Morgan fingerprint density at radius 1 is 1.00 bits per heavy atom. The molecule has 0 aliphatic carbocycles. The monoisotopic (exact) mass is 523 g/mol. The Hall–Kier alpha value is -3.60. The smallest absolute Gasteiger partial charge is 0.278 e. The summed E-state index contributed by atoms with van der Waals surface area (Å²) in [6.07, 6.45) is 0.534. The Bertz CT molecular complexity index is 1270. The fourth-order valence-electron chi connectivity index (χ4n) is 3.50. The lowest BCUT2D eigenvalue weighted by Crippen LogP contribution is -2.33. The van der Waals surface area contributed by atoms with E-state index in [4.69, 9.17) is 9.47 Å². The molecule has 0 unspecified atom stereocenters. The molecule has 1 aliphatic rings. The van der Waals surface area contributed by atoms with Gasteiger partial charge in [-0.3, -0.25) is 19.3 Å². The highest BCUT2D eigenvalue weighted by molar-refractivity contribution is 8.04. The number of nitrogens with one attached hydrogen (secondary N) is 2. The van der Waals surface area contributed by atoms with Crippen LogP contribution in [0.1, 0.15) is 16.1 Å². The zero-order valence-electron chi connectivity index (χ0n) is 19.8. The molecule has 2 aromatic carbocycles. The van der Waals surface area contributed by atoms with Crippen LogP contribution in [-0.4, -0.2) is 50.0 Å². The fourth-order valence-corrected chi connectivity index (χ4v) is 5.13. The molecule has 0 fully saturated rings. The molecule has 0 saturated heterocycles. The number of carbonyl (C=O) groups is 3. The molecule has 3 amide bonds. The summed E-state index contributed by atoms with van der Waals surface area (Å²) in [5.41, 5.74) is 1.46. The molecule has 0 atom stereocenters. The van der Waals surface area contributed by atoms with E-state index in [1.54, 1.807) is 62.8 Å². The number of thiophene rings is 1. The predicted octanol–water partition coefficient (Wildman–Crippen LogP) is 4.83. The van der Waals surface area contributed by atoms with Gasteiger partial charge in [0.1, 0.15) is 16.4 Å². The first-order valence-electron chi connectivity index (χ1n) is 11.1. The third-order valence-electron chi connectivity index (χ3n) is 5.27. The standard InChI is InChI=1S/C26H25N3O5S2/c1-33-14-5-13-29-25(31)22(27-17-9-11-19(34-2)12-10-17)23(26(29)32)36-20-7-3-6-18(16-20)28-24(30)21-8-4-15-35-21/h3-4,6-12,15-16,27H,5,13-14H2,1-2H3,(H,28,30). The normalized spacial score (nSPS) is 13.3. The van der Waals surface area contributed by atoms with Gasteiger partial charge in [0.2, 0.25) is 0 Å². The zero-order chi connectivity index (χ0) is 25.5. The van der Waals surface area contributed by atoms with Gasteiger partial charge in [0.25, 0.3) is 17.7 Å². The minimum absolute atomic E-state index is 0.204. The Balaban J connectivity index is 1.58. The van der Waals surface area contributed by atoms with Crippen molar-refractivity contribution in [3.05, 3.63) is 81.5 Å². The van der Waals surface area contributed by atoms with Gasteiger partial charge in [-0.2, -0.15) is 0 Å². The summed E-state index contributed by atoms with van der Waals surface area (Å²) in [7, 11) is 3.15. The number of anilines is 2. The number of ether oxygens (including phenoxy) is 2. The summed E-state index contributed by atoms with van der Waals surface area (Å²) in [4.78, 5) is 41.8. The summed E-state index contributed by atoms with van der Waals surface area (Å²) >= 11 is 2.54. The third-order valence-corrected chi connectivity index (χ3v) is 7.21. The number of carbonyl (C=O) groups excluding carboxylic acids is 3. The molecule has 0 bridgehead atoms. The summed E-state index contributed by atoms with van der Waals surface area (Å²) in [6.45, 7) is 0.688. The highest BCUT2D eigenvalue weighted by atomic mass is 32.2. The number of nitrogens with zero attached hydrogens (tertiary/aromatic N) is 1. The summed E-state index contributed by atoms with van der Waals surface area (Å²) in [5, 5.41) is 7.83. The SMILES string of the molecule is COCCCN1C(=O)C(Nc2ccc(OC)cc2)=C(Sc2cccc(NC(=O)c3cccs3)c2)C1=O. The molecular formula is C26H25N3O5S2. The van der Waals surface area contributed by atoms with Crippen LogP contribution < -0.4 is 15.4 Å². The minimum Gasteiger partial charge on any atom is -0.497 e. The van der Waals surface area contributed by atoms with Crippen LogP contribution >= 0.6 is 23.1 Å². The van der Waals surface area contributed by atoms with Crippen molar-refractivity contribution < 1.29 is 23.9 Å². The van der Waals surface area contributed by atoms with Gasteiger partial charge in [-0.25, -0.2) is 0 Å². The average molecular weight is 524 g/mol. The van der Waals surface area contributed by atoms with Crippen LogP contribution in [0.2, 0.25) is 0 Å². The largest absolute Gasteiger partial charge is 0.497 e. The molecule has 0 radical (unpaired) electrons. The number of hydrogen-bond donors (Lipinski definition) is 2. The second-order valence-corrected chi connectivity index (χ2v) is 9.76. The Morgan fingerprint density at radius 2 is 1.81 bits per heavy atom. The molecule has 0 saturated carbocycles. The van der Waals surface area contributed by atoms with Gasteiger partial charge in [-0.15, -0.1) is 11.3 Å². The quantitative estimate of drug-likeness (QED) is 0.274. The highest BCUT2D eigenvalue weighted by Crippen LogP contribution is 2.37. The van der Waals surface area contributed by atoms with Crippen molar-refractivity contribution in [3.63, 3.8) is 0 Å². The van der Waals surface area contributed by atoms with Crippen LogP contribution in [0.15, 0.2) is 81.5 Å². The molecule has 3 aromatic rings. The van der Waals surface area contributed by atoms with E-state index in [0.717, 1.165) is 0 Å². The topological polar surface area (TPSA) is 97.0 Å². The first kappa shape index (κ1) is 25.5. The lowest BCUT2D eigenvalue weighted by Gasteiger charge is -2.14. The number of rotatable bonds is 11. The van der Waals surface area contributed by atoms with Crippen molar-refractivity contribution in [2.75, 3.05) is 38.0 Å². The molecule has 2 N–H and O–H groups in total. The first-order valence-corrected chi connectivity index (χ1v) is 12.8. The van der Waals surface area contributed by atoms with Crippen LogP contribution in [0.25, 0.3) is 0 Å². The van der Waals surface area contributed by atoms with E-state index in [1.807, 2.05) is 17.5 Å². The molecule has 10 heteroatoms. The number of imide groups is 1. The van der Waals surface area contributed by atoms with Gasteiger partial charge < -0.3 is 20.1 Å². The van der Waals surface area contributed by atoms with Gasteiger partial charge in [0, 0.05) is 36.5 Å². The van der Waals surface area contributed by atoms with E-state index >= 15 is 0 Å². The zero-order valence-corrected chi connectivity index (χ0v) is 21.4. The van der Waals surface area contributed by atoms with E-state index in [-0.39, 0.29) is 29.0 Å². The van der Waals surface area contributed by atoms with Gasteiger partial charge in [-0.05, 0) is 60.3 Å². The summed E-state index contributed by atoms with van der Waals surface area (Å²) in [5.74, 6) is -0.285. The molecule has 2 heterocycles. The third kappa shape index (κ3) is 5.96. The second-order valence-electron chi connectivity index (χ2n) is 7.73. The fraction of sp³-hybridized carbons (Fsp3) is 0.192. The van der Waals surface area contributed by atoms with Gasteiger partial charge in [-0.1, -0.05) is 23.9 Å². The van der Waals surface area contributed by atoms with E-state index in [0.29, 0.717) is 39.9 Å². The maximum absolute atomic E-state index is 13.3. The molecule has 1 aromatic heterocycles. The number of amides is 3. The molecular weight excluding hydrogens is 498 g/mol. The number of thioether (sulfide) groups is 1. The van der Waals surface area contributed by atoms with E-state index in [1.165, 1.54) is 28.0 Å². The highest BCUT2D eigenvalue weighted by Gasteiger charge is 2.38. The predicted molar refractivity (Wildman–Crippen MR) is 141 cm³/mol. The van der Waals surface area contributed by atoms with Crippen LogP contribution in [0, 0.1) is 0 Å². The van der Waals surface area contributed by atoms with Crippen molar-refractivity contribution in [3.8, 4) is 5.75 Å².